The van der Waals surface area contributed by atoms with Crippen molar-refractivity contribution in [2.75, 3.05) is 18.3 Å². The molecule has 0 spiro atoms. The van der Waals surface area contributed by atoms with E-state index in [2.05, 4.69) is 10.3 Å². The van der Waals surface area contributed by atoms with Crippen LogP contribution < -0.4 is 11.2 Å². The van der Waals surface area contributed by atoms with Crippen LogP contribution in [0, 0.1) is 0 Å². The molecule has 0 atom stereocenters. The maximum Gasteiger partial charge on any atom is 0.0636 e. The Hall–Kier alpha value is -2.00. The Morgan fingerprint density at radius 3 is 1.75 bits per heavy atom. The highest BCUT2D eigenvalue weighted by Gasteiger charge is 1.82. The Bertz CT molecular complexity index is 376. The highest BCUT2D eigenvalue weighted by atomic mass is 16.6. The summed E-state index contributed by atoms with van der Waals surface area (Å²) < 4.78 is 0. The van der Waals surface area contributed by atoms with Crippen molar-refractivity contribution in [2.45, 2.75) is 0 Å². The second-order valence-corrected chi connectivity index (χ2v) is 3.08. The van der Waals surface area contributed by atoms with Gasteiger partial charge >= 0.3 is 0 Å². The molecule has 0 fully saturated rings. The summed E-state index contributed by atoms with van der Waals surface area (Å²) in [6, 6.07) is 19.2. The van der Waals surface area contributed by atoms with Gasteiger partial charge in [0.05, 0.1) is 12.8 Å². The smallest absolute Gasteiger partial charge is 0.0636 e. The molecule has 16 heavy (non-hydrogen) atoms. The average Bonchev–Trinajstić information content (AvgIpc) is 2.33. The van der Waals surface area contributed by atoms with Crippen molar-refractivity contribution < 1.29 is 4.84 Å². The fourth-order valence-electron chi connectivity index (χ4n) is 1.08. The average molecular weight is 216 g/mol. The number of nitrogens with two attached hydrogens (primary N) is 1. The van der Waals surface area contributed by atoms with Crippen LogP contribution in [-0.4, -0.2) is 7.11 Å². The highest BCUT2D eigenvalue weighted by Crippen LogP contribution is 2.03. The largest absolute Gasteiger partial charge is 0.399 e. The summed E-state index contributed by atoms with van der Waals surface area (Å²) in [7, 11) is 1.59. The van der Waals surface area contributed by atoms with E-state index in [1.807, 2.05) is 60.7 Å². The van der Waals surface area contributed by atoms with Crippen LogP contribution in [0.15, 0.2) is 60.7 Å². The predicted octanol–water partition coefficient (Wildman–Crippen LogP) is 2.93. The third kappa shape index (κ3) is 5.02. The van der Waals surface area contributed by atoms with Crippen LogP contribution in [0.25, 0.3) is 0 Å². The quantitative estimate of drug-likeness (QED) is 0.599. The van der Waals surface area contributed by atoms with E-state index >= 15 is 0 Å². The van der Waals surface area contributed by atoms with Gasteiger partial charge in [-0.05, 0) is 24.3 Å². The maximum absolute atomic E-state index is 5.36. The summed E-state index contributed by atoms with van der Waals surface area (Å²) in [5, 5.41) is 0. The lowest BCUT2D eigenvalue weighted by Gasteiger charge is -1.99. The summed E-state index contributed by atoms with van der Waals surface area (Å²) in [6.45, 7) is 0. The normalized spacial score (nSPS) is 8.81. The van der Waals surface area contributed by atoms with Gasteiger partial charge in [-0.15, -0.1) is 0 Å². The molecule has 84 valence electrons. The molecule has 3 nitrogen and oxygen atoms in total. The molecule has 0 unspecified atom stereocenters. The van der Waals surface area contributed by atoms with Crippen LogP contribution >= 0.6 is 0 Å². The third-order valence-electron chi connectivity index (χ3n) is 1.79. The second-order valence-electron chi connectivity index (χ2n) is 3.08. The van der Waals surface area contributed by atoms with Gasteiger partial charge < -0.3 is 5.73 Å². The van der Waals surface area contributed by atoms with Crippen molar-refractivity contribution in [3.63, 3.8) is 0 Å². The molecule has 0 aromatic heterocycles. The molecular formula is C13H16N2O. The van der Waals surface area contributed by atoms with Gasteiger partial charge in [0.15, 0.2) is 0 Å². The maximum atomic E-state index is 5.36. The molecule has 3 heteroatoms. The number of benzene rings is 2. The van der Waals surface area contributed by atoms with E-state index in [0.717, 1.165) is 11.4 Å². The zero-order chi connectivity index (χ0) is 11.6. The van der Waals surface area contributed by atoms with Crippen LogP contribution in [0.4, 0.5) is 11.4 Å². The van der Waals surface area contributed by atoms with E-state index in [9.17, 15) is 0 Å². The van der Waals surface area contributed by atoms with Gasteiger partial charge in [-0.1, -0.05) is 36.4 Å². The zero-order valence-electron chi connectivity index (χ0n) is 9.26. The van der Waals surface area contributed by atoms with Crippen molar-refractivity contribution in [3.05, 3.63) is 60.7 Å². The number of hydrogen-bond acceptors (Lipinski definition) is 3. The fraction of sp³-hybridized carbons (Fsp3) is 0.0769. The van der Waals surface area contributed by atoms with Crippen LogP contribution in [0.3, 0.4) is 0 Å². The van der Waals surface area contributed by atoms with E-state index < -0.39 is 0 Å². The van der Waals surface area contributed by atoms with Crippen LogP contribution in [0.1, 0.15) is 0 Å². The van der Waals surface area contributed by atoms with Crippen molar-refractivity contribution in [1.82, 2.24) is 0 Å². The van der Waals surface area contributed by atoms with Gasteiger partial charge in [-0.2, -0.15) is 0 Å². The van der Waals surface area contributed by atoms with Gasteiger partial charge in [-0.3, -0.25) is 10.3 Å². The van der Waals surface area contributed by atoms with E-state index in [0.29, 0.717) is 0 Å². The highest BCUT2D eigenvalue weighted by molar-refractivity contribution is 5.39. The van der Waals surface area contributed by atoms with Gasteiger partial charge in [-0.25, -0.2) is 0 Å². The minimum absolute atomic E-state index is 0.822. The first-order valence-corrected chi connectivity index (χ1v) is 4.97. The fourth-order valence-corrected chi connectivity index (χ4v) is 1.08. The molecule has 0 saturated carbocycles. The van der Waals surface area contributed by atoms with Crippen molar-refractivity contribution in [3.8, 4) is 0 Å². The van der Waals surface area contributed by atoms with Gasteiger partial charge in [0, 0.05) is 5.69 Å². The minimum Gasteiger partial charge on any atom is -0.399 e. The molecule has 2 aromatic carbocycles. The molecule has 0 radical (unpaired) electrons. The Morgan fingerprint density at radius 1 is 0.875 bits per heavy atom. The minimum atomic E-state index is 0.822. The summed E-state index contributed by atoms with van der Waals surface area (Å²) in [4.78, 5) is 4.68. The van der Waals surface area contributed by atoms with Crippen molar-refractivity contribution in [2.24, 2.45) is 0 Å². The molecular weight excluding hydrogens is 200 g/mol. The lowest BCUT2D eigenvalue weighted by molar-refractivity contribution is 0.271. The van der Waals surface area contributed by atoms with Crippen LogP contribution in [0.2, 0.25) is 0 Å². The Morgan fingerprint density at radius 2 is 1.38 bits per heavy atom. The first-order valence-electron chi connectivity index (χ1n) is 4.97. The van der Waals surface area contributed by atoms with Crippen molar-refractivity contribution >= 4 is 11.4 Å². The molecule has 0 aliphatic heterocycles. The van der Waals surface area contributed by atoms with Crippen LogP contribution in [0.5, 0.6) is 0 Å². The molecule has 3 N–H and O–H groups in total. The van der Waals surface area contributed by atoms with Gasteiger partial charge in [0.2, 0.25) is 0 Å². The number of rotatable bonds is 2. The number of para-hydroxylation sites is 2. The van der Waals surface area contributed by atoms with Crippen LogP contribution in [-0.2, 0) is 4.84 Å². The lowest BCUT2D eigenvalue weighted by Crippen LogP contribution is -1.93. The number of hydrogen-bond donors (Lipinski definition) is 2. The standard InChI is InChI=1S/C7H9NO.C6H7N/c1-9-8-7-5-3-2-4-6-7;7-6-4-2-1-3-5-6/h2-6,8H,1H3;1-5H,7H2. The predicted molar refractivity (Wildman–Crippen MR) is 67.9 cm³/mol. The number of anilines is 2. The Kier molecular flexibility index (Phi) is 5.52. The van der Waals surface area contributed by atoms with Crippen molar-refractivity contribution in [1.29, 1.82) is 0 Å². The van der Waals surface area contributed by atoms with Gasteiger partial charge in [0.1, 0.15) is 0 Å². The SMILES string of the molecule is CONc1ccccc1.Nc1ccccc1. The topological polar surface area (TPSA) is 47.3 Å². The zero-order valence-corrected chi connectivity index (χ0v) is 9.26. The van der Waals surface area contributed by atoms with E-state index in [-0.39, 0.29) is 0 Å². The molecule has 0 aliphatic carbocycles. The molecule has 0 aliphatic rings. The first-order chi connectivity index (χ1) is 7.83. The van der Waals surface area contributed by atoms with E-state index in [1.54, 1.807) is 7.11 Å². The summed E-state index contributed by atoms with van der Waals surface area (Å²) in [6.07, 6.45) is 0. The molecule has 0 heterocycles. The molecule has 0 amide bonds. The molecule has 2 rings (SSSR count). The summed E-state index contributed by atoms with van der Waals surface area (Å²) >= 11 is 0. The lowest BCUT2D eigenvalue weighted by atomic mass is 10.3. The third-order valence-corrected chi connectivity index (χ3v) is 1.79. The van der Waals surface area contributed by atoms with Gasteiger partial charge in [0.25, 0.3) is 0 Å². The summed E-state index contributed by atoms with van der Waals surface area (Å²) in [5.41, 5.74) is 9.86. The van der Waals surface area contributed by atoms with E-state index in [4.69, 9.17) is 5.73 Å². The molecule has 0 bridgehead atoms. The Labute approximate surface area is 95.8 Å². The molecule has 0 saturated heterocycles. The molecule has 2 aromatic rings. The number of nitrogens with one attached hydrogen (secondary N) is 1. The van der Waals surface area contributed by atoms with E-state index in [1.165, 1.54) is 0 Å². The first kappa shape index (κ1) is 12.1. The summed E-state index contributed by atoms with van der Waals surface area (Å²) in [5.74, 6) is 0. The number of nitrogen functional groups attached to an aromatic ring is 1. The second kappa shape index (κ2) is 7.31. The monoisotopic (exact) mass is 216 g/mol. The Balaban J connectivity index is 0.000000165.